The van der Waals surface area contributed by atoms with Crippen LogP contribution in [0, 0.1) is 13.8 Å². The third-order valence-electron chi connectivity index (χ3n) is 4.41. The SMILES string of the molecule is Cc1ccc(-c2cc(-c3nn[nH]n3)cc(-c3ccc(C)cc3Br)c2)c(Br)c1. The van der Waals surface area contributed by atoms with Crippen LogP contribution in [0.25, 0.3) is 33.6 Å². The lowest BCUT2D eigenvalue weighted by Crippen LogP contribution is -1.90. The van der Waals surface area contributed by atoms with Crippen LogP contribution in [-0.2, 0) is 0 Å². The van der Waals surface area contributed by atoms with Gasteiger partial charge in [0.2, 0.25) is 5.82 Å². The number of aromatic amines is 1. The predicted molar refractivity (Wildman–Crippen MR) is 115 cm³/mol. The Labute approximate surface area is 174 Å². The largest absolute Gasteiger partial charge is 0.204 e. The van der Waals surface area contributed by atoms with Gasteiger partial charge in [-0.1, -0.05) is 56.1 Å². The van der Waals surface area contributed by atoms with E-state index in [4.69, 9.17) is 0 Å². The van der Waals surface area contributed by atoms with Gasteiger partial charge in [0.1, 0.15) is 0 Å². The molecule has 6 heteroatoms. The second kappa shape index (κ2) is 7.37. The molecule has 0 aliphatic carbocycles. The zero-order valence-electron chi connectivity index (χ0n) is 14.8. The van der Waals surface area contributed by atoms with Gasteiger partial charge in [-0.25, -0.2) is 0 Å². The lowest BCUT2D eigenvalue weighted by atomic mass is 9.95. The second-order valence-electron chi connectivity index (χ2n) is 6.50. The second-order valence-corrected chi connectivity index (χ2v) is 8.21. The van der Waals surface area contributed by atoms with Crippen molar-refractivity contribution in [2.45, 2.75) is 13.8 Å². The summed E-state index contributed by atoms with van der Waals surface area (Å²) in [5.41, 5.74) is 7.75. The Morgan fingerprint density at radius 3 is 1.67 bits per heavy atom. The molecule has 4 rings (SSSR count). The van der Waals surface area contributed by atoms with Gasteiger partial charge in [-0.05, 0) is 82.8 Å². The molecular formula is C21H16Br2N4. The van der Waals surface area contributed by atoms with Gasteiger partial charge in [-0.15, -0.1) is 10.2 Å². The van der Waals surface area contributed by atoms with Crippen LogP contribution >= 0.6 is 31.9 Å². The lowest BCUT2D eigenvalue weighted by Gasteiger charge is -2.12. The summed E-state index contributed by atoms with van der Waals surface area (Å²) in [7, 11) is 0. The summed E-state index contributed by atoms with van der Waals surface area (Å²) in [4.78, 5) is 0. The summed E-state index contributed by atoms with van der Waals surface area (Å²) in [6.45, 7) is 4.16. The Balaban J connectivity index is 1.95. The number of nitrogens with zero attached hydrogens (tertiary/aromatic N) is 3. The normalized spacial score (nSPS) is 11.0. The van der Waals surface area contributed by atoms with E-state index in [1.165, 1.54) is 11.1 Å². The van der Waals surface area contributed by atoms with Gasteiger partial charge in [0, 0.05) is 14.5 Å². The predicted octanol–water partition coefficient (Wildman–Crippen LogP) is 6.34. The molecule has 0 radical (unpaired) electrons. The average Bonchev–Trinajstić information content (AvgIpc) is 3.16. The summed E-state index contributed by atoms with van der Waals surface area (Å²) in [6, 6.07) is 19.1. The minimum Gasteiger partial charge on any atom is -0.177 e. The number of hydrogen-bond acceptors (Lipinski definition) is 3. The molecule has 0 fully saturated rings. The van der Waals surface area contributed by atoms with Crippen LogP contribution < -0.4 is 0 Å². The van der Waals surface area contributed by atoms with Crippen molar-refractivity contribution in [1.82, 2.24) is 20.6 Å². The molecule has 0 aliphatic heterocycles. The highest BCUT2D eigenvalue weighted by molar-refractivity contribution is 9.11. The maximum Gasteiger partial charge on any atom is 0.204 e. The molecule has 3 aromatic carbocycles. The highest BCUT2D eigenvalue weighted by Gasteiger charge is 2.13. The molecule has 27 heavy (non-hydrogen) atoms. The fourth-order valence-corrected chi connectivity index (χ4v) is 4.50. The maximum atomic E-state index is 4.16. The van der Waals surface area contributed by atoms with Gasteiger partial charge >= 0.3 is 0 Å². The van der Waals surface area contributed by atoms with Gasteiger partial charge in [0.05, 0.1) is 0 Å². The minimum absolute atomic E-state index is 0.574. The Morgan fingerprint density at radius 2 is 1.22 bits per heavy atom. The fraction of sp³-hybridized carbons (Fsp3) is 0.0952. The average molecular weight is 484 g/mol. The van der Waals surface area contributed by atoms with E-state index in [0.717, 1.165) is 36.8 Å². The number of aromatic nitrogens is 4. The van der Waals surface area contributed by atoms with Crippen molar-refractivity contribution in [2.75, 3.05) is 0 Å². The van der Waals surface area contributed by atoms with E-state index in [2.05, 4.69) is 121 Å². The Bertz CT molecular complexity index is 1050. The third-order valence-corrected chi connectivity index (χ3v) is 5.72. The Hall–Kier alpha value is -2.31. The molecule has 0 amide bonds. The van der Waals surface area contributed by atoms with Crippen LogP contribution in [-0.4, -0.2) is 20.6 Å². The van der Waals surface area contributed by atoms with Crippen molar-refractivity contribution in [3.05, 3.63) is 74.7 Å². The van der Waals surface area contributed by atoms with E-state index < -0.39 is 0 Å². The van der Waals surface area contributed by atoms with Crippen LogP contribution in [0.5, 0.6) is 0 Å². The monoisotopic (exact) mass is 482 g/mol. The maximum absolute atomic E-state index is 4.16. The number of nitrogens with one attached hydrogen (secondary N) is 1. The van der Waals surface area contributed by atoms with E-state index in [1.807, 2.05) is 0 Å². The highest BCUT2D eigenvalue weighted by Crippen LogP contribution is 2.37. The molecule has 134 valence electrons. The number of rotatable bonds is 3. The topological polar surface area (TPSA) is 54.5 Å². The van der Waals surface area contributed by atoms with Gasteiger partial charge < -0.3 is 0 Å². The molecule has 0 saturated heterocycles. The van der Waals surface area contributed by atoms with Crippen molar-refractivity contribution in [3.63, 3.8) is 0 Å². The molecule has 0 atom stereocenters. The van der Waals surface area contributed by atoms with Gasteiger partial charge in [0.25, 0.3) is 0 Å². The van der Waals surface area contributed by atoms with Crippen LogP contribution in [0.1, 0.15) is 11.1 Å². The molecule has 1 aromatic heterocycles. The van der Waals surface area contributed by atoms with Crippen molar-refractivity contribution in [1.29, 1.82) is 0 Å². The van der Waals surface area contributed by atoms with Crippen LogP contribution in [0.15, 0.2) is 63.5 Å². The van der Waals surface area contributed by atoms with Gasteiger partial charge in [-0.3, -0.25) is 0 Å². The number of H-pyrrole nitrogens is 1. The quantitative estimate of drug-likeness (QED) is 0.369. The first-order valence-corrected chi connectivity index (χ1v) is 10.0. The highest BCUT2D eigenvalue weighted by atomic mass is 79.9. The fourth-order valence-electron chi connectivity index (χ4n) is 3.06. The first kappa shape index (κ1) is 18.1. The van der Waals surface area contributed by atoms with E-state index >= 15 is 0 Å². The number of aryl methyl sites for hydroxylation is 2. The Kier molecular flexibility index (Phi) is 4.93. The van der Waals surface area contributed by atoms with Gasteiger partial charge in [-0.2, -0.15) is 5.21 Å². The first-order chi connectivity index (χ1) is 13.0. The van der Waals surface area contributed by atoms with Gasteiger partial charge in [0.15, 0.2) is 0 Å². The first-order valence-electron chi connectivity index (χ1n) is 8.43. The van der Waals surface area contributed by atoms with Crippen molar-refractivity contribution < 1.29 is 0 Å². The molecule has 1 N–H and O–H groups in total. The molecule has 4 nitrogen and oxygen atoms in total. The third kappa shape index (κ3) is 3.73. The zero-order chi connectivity index (χ0) is 19.0. The molecule has 0 aliphatic rings. The van der Waals surface area contributed by atoms with E-state index in [9.17, 15) is 0 Å². The van der Waals surface area contributed by atoms with Crippen molar-refractivity contribution in [3.8, 4) is 33.6 Å². The number of benzene rings is 3. The lowest BCUT2D eigenvalue weighted by molar-refractivity contribution is 0.881. The molecule has 1 heterocycles. The van der Waals surface area contributed by atoms with Crippen LogP contribution in [0.4, 0.5) is 0 Å². The molecule has 0 saturated carbocycles. The summed E-state index contributed by atoms with van der Waals surface area (Å²) in [6.07, 6.45) is 0. The van der Waals surface area contributed by atoms with E-state index in [1.54, 1.807) is 0 Å². The number of hydrogen-bond donors (Lipinski definition) is 1. The minimum atomic E-state index is 0.574. The van der Waals surface area contributed by atoms with E-state index in [-0.39, 0.29) is 0 Å². The summed E-state index contributed by atoms with van der Waals surface area (Å²) >= 11 is 7.41. The standard InChI is InChI=1S/C21H16Br2N4/c1-12-3-5-17(19(22)7-12)14-9-15(18-6-4-13(2)8-20(18)23)11-16(10-14)21-24-26-27-25-21/h3-11H,1-2H3,(H,24,25,26,27). The summed E-state index contributed by atoms with van der Waals surface area (Å²) in [5.74, 6) is 0.574. The van der Waals surface area contributed by atoms with Crippen LogP contribution in [0.2, 0.25) is 0 Å². The molecule has 4 aromatic rings. The molecule has 0 unspecified atom stereocenters. The number of tetrazole rings is 1. The zero-order valence-corrected chi connectivity index (χ0v) is 18.0. The Morgan fingerprint density at radius 1 is 0.704 bits per heavy atom. The van der Waals surface area contributed by atoms with Crippen molar-refractivity contribution in [2.24, 2.45) is 0 Å². The van der Waals surface area contributed by atoms with Crippen LogP contribution in [0.3, 0.4) is 0 Å². The molecular weight excluding hydrogens is 468 g/mol. The smallest absolute Gasteiger partial charge is 0.177 e. The number of halogens is 2. The van der Waals surface area contributed by atoms with Crippen molar-refractivity contribution >= 4 is 31.9 Å². The summed E-state index contributed by atoms with van der Waals surface area (Å²) in [5, 5.41) is 14.6. The molecule has 0 spiro atoms. The molecule has 0 bridgehead atoms. The van der Waals surface area contributed by atoms with E-state index in [0.29, 0.717) is 5.82 Å². The summed E-state index contributed by atoms with van der Waals surface area (Å²) < 4.78 is 2.11.